The fourth-order valence-corrected chi connectivity index (χ4v) is 6.24. The maximum absolute atomic E-state index is 13.1. The van der Waals surface area contributed by atoms with Crippen molar-refractivity contribution in [2.24, 2.45) is 0 Å². The number of sulfone groups is 1. The summed E-state index contributed by atoms with van der Waals surface area (Å²) in [4.78, 5) is 7.43. The van der Waals surface area contributed by atoms with Crippen molar-refractivity contribution in [3.8, 4) is 22.5 Å². The highest BCUT2D eigenvalue weighted by Crippen LogP contribution is 2.40. The lowest BCUT2D eigenvalue weighted by Crippen LogP contribution is -2.51. The summed E-state index contributed by atoms with van der Waals surface area (Å²) in [6.45, 7) is 2.61. The molecule has 158 valence electrons. The predicted octanol–water partition coefficient (Wildman–Crippen LogP) is 0.833. The molecule has 31 heavy (non-hydrogen) atoms. The monoisotopic (exact) mass is 457 g/mol. The van der Waals surface area contributed by atoms with E-state index < -0.39 is 15.1 Å². The first kappa shape index (κ1) is 19.7. The second-order valence-corrected chi connectivity index (χ2v) is 10.0. The van der Waals surface area contributed by atoms with Crippen LogP contribution >= 0.6 is 0 Å². The van der Waals surface area contributed by atoms with Gasteiger partial charge in [-0.15, -0.1) is 10.2 Å². The van der Waals surface area contributed by atoms with Crippen LogP contribution in [0.15, 0.2) is 34.1 Å². The number of anilines is 1. The number of aromatic amines is 2. The standard InChI is InChI=1S/C18H17N8O3S2/c1-8-2-3-11(15-14(8)21-18(19)22-15)10-4-5-12(31(28,29)9-6-20-7-9)16(30-27)13(10)17-23-25-26-24-17/h2-5,9,20H,6-7H2,1H3,(H3,19,21,22)(H,23,24,25,26)/q+1. The van der Waals surface area contributed by atoms with Crippen LogP contribution in [-0.2, 0) is 25.7 Å². The molecule has 0 amide bonds. The highest BCUT2D eigenvalue weighted by atomic mass is 32.2. The molecule has 2 aromatic heterocycles. The molecule has 1 saturated heterocycles. The molecule has 0 bridgehead atoms. The van der Waals surface area contributed by atoms with Gasteiger partial charge in [0.05, 0.1) is 16.3 Å². The molecule has 1 fully saturated rings. The van der Waals surface area contributed by atoms with Gasteiger partial charge < -0.3 is 16.0 Å². The topological polar surface area (TPSA) is 172 Å². The van der Waals surface area contributed by atoms with Gasteiger partial charge in [-0.1, -0.05) is 18.2 Å². The van der Waals surface area contributed by atoms with Crippen LogP contribution in [0.1, 0.15) is 5.56 Å². The van der Waals surface area contributed by atoms with Crippen LogP contribution < -0.4 is 11.1 Å². The highest BCUT2D eigenvalue weighted by molar-refractivity contribution is 7.92. The number of nitrogens with zero attached hydrogens (tertiary/aromatic N) is 4. The van der Waals surface area contributed by atoms with Crippen LogP contribution in [0.4, 0.5) is 5.95 Å². The van der Waals surface area contributed by atoms with Crippen molar-refractivity contribution < 1.29 is 12.6 Å². The molecular formula is C18H17N8O3S2+. The van der Waals surface area contributed by atoms with Crippen molar-refractivity contribution >= 4 is 38.5 Å². The highest BCUT2D eigenvalue weighted by Gasteiger charge is 2.40. The number of benzene rings is 2. The van der Waals surface area contributed by atoms with E-state index in [4.69, 9.17) is 5.73 Å². The molecule has 0 atom stereocenters. The van der Waals surface area contributed by atoms with Gasteiger partial charge in [0.2, 0.25) is 5.82 Å². The van der Waals surface area contributed by atoms with E-state index in [1.165, 1.54) is 6.07 Å². The second kappa shape index (κ2) is 7.14. The Bertz CT molecular complexity index is 1430. The number of imidazole rings is 1. The van der Waals surface area contributed by atoms with Gasteiger partial charge in [0.15, 0.2) is 15.8 Å². The summed E-state index contributed by atoms with van der Waals surface area (Å²) in [5, 5.41) is 16.4. The summed E-state index contributed by atoms with van der Waals surface area (Å²) >= 11 is 0.0976. The van der Waals surface area contributed by atoms with Crippen molar-refractivity contribution in [2.45, 2.75) is 22.0 Å². The molecule has 1 aliphatic rings. The van der Waals surface area contributed by atoms with Crippen LogP contribution in [0, 0.1) is 6.92 Å². The number of tetrazole rings is 1. The first-order valence-electron chi connectivity index (χ1n) is 9.32. The number of nitrogen functional groups attached to an aromatic ring is 1. The van der Waals surface area contributed by atoms with Crippen molar-refractivity contribution in [2.75, 3.05) is 18.8 Å². The lowest BCUT2D eigenvalue weighted by atomic mass is 9.96. The van der Waals surface area contributed by atoms with E-state index in [1.54, 1.807) is 6.07 Å². The number of aromatic nitrogens is 6. The fraction of sp³-hybridized carbons (Fsp3) is 0.222. The molecule has 11 nitrogen and oxygen atoms in total. The van der Waals surface area contributed by atoms with E-state index in [1.807, 2.05) is 19.1 Å². The van der Waals surface area contributed by atoms with Gasteiger partial charge in [-0.25, -0.2) is 13.4 Å². The number of rotatable bonds is 5. The number of nitrogens with two attached hydrogens (primary N) is 1. The molecule has 2 aromatic carbocycles. The van der Waals surface area contributed by atoms with E-state index in [-0.39, 0.29) is 38.8 Å². The first-order valence-corrected chi connectivity index (χ1v) is 11.6. The zero-order valence-electron chi connectivity index (χ0n) is 16.2. The molecule has 4 aromatic rings. The van der Waals surface area contributed by atoms with Crippen LogP contribution in [0.2, 0.25) is 0 Å². The molecule has 0 unspecified atom stereocenters. The Hall–Kier alpha value is -3.29. The summed E-state index contributed by atoms with van der Waals surface area (Å²) in [5.74, 6) is 0.371. The minimum absolute atomic E-state index is 0.0306. The van der Waals surface area contributed by atoms with Crippen LogP contribution in [0.3, 0.4) is 0 Å². The smallest absolute Gasteiger partial charge is 0.369 e. The van der Waals surface area contributed by atoms with E-state index in [0.29, 0.717) is 29.7 Å². The minimum Gasteiger partial charge on any atom is -0.369 e. The van der Waals surface area contributed by atoms with Gasteiger partial charge >= 0.3 is 16.6 Å². The van der Waals surface area contributed by atoms with E-state index in [0.717, 1.165) is 11.1 Å². The zero-order chi connectivity index (χ0) is 21.8. The summed E-state index contributed by atoms with van der Waals surface area (Å²) in [5.41, 5.74) is 9.69. The molecule has 0 radical (unpaired) electrons. The molecule has 0 aliphatic carbocycles. The molecule has 13 heteroatoms. The van der Waals surface area contributed by atoms with Crippen LogP contribution in [-0.4, -0.2) is 57.3 Å². The molecule has 3 heterocycles. The number of fused-ring (bicyclic) bond motifs is 1. The molecule has 5 rings (SSSR count). The third-order valence-electron chi connectivity index (χ3n) is 5.42. The van der Waals surface area contributed by atoms with Gasteiger partial charge in [0, 0.05) is 28.4 Å². The molecule has 1 aliphatic heterocycles. The minimum atomic E-state index is -3.71. The van der Waals surface area contributed by atoms with Crippen LogP contribution in [0.5, 0.6) is 0 Å². The zero-order valence-corrected chi connectivity index (χ0v) is 17.8. The van der Waals surface area contributed by atoms with Gasteiger partial charge in [0.25, 0.3) is 0 Å². The average molecular weight is 458 g/mol. The maximum atomic E-state index is 13.1. The molecule has 5 N–H and O–H groups in total. The number of hydrogen-bond acceptors (Lipinski definition) is 9. The summed E-state index contributed by atoms with van der Waals surface area (Å²) < 4.78 is 38.5. The van der Waals surface area contributed by atoms with Crippen molar-refractivity contribution in [1.29, 1.82) is 0 Å². The summed E-state index contributed by atoms with van der Waals surface area (Å²) in [6.07, 6.45) is 0. The average Bonchev–Trinajstić information content (AvgIpc) is 3.35. The number of hydrogen-bond donors (Lipinski definition) is 4. The van der Waals surface area contributed by atoms with E-state index in [2.05, 4.69) is 35.9 Å². The van der Waals surface area contributed by atoms with E-state index in [9.17, 15) is 12.6 Å². The molecular weight excluding hydrogens is 440 g/mol. The van der Waals surface area contributed by atoms with Gasteiger partial charge in [-0.05, 0) is 23.8 Å². The Balaban J connectivity index is 1.84. The van der Waals surface area contributed by atoms with Crippen molar-refractivity contribution in [1.82, 2.24) is 35.9 Å². The Morgan fingerprint density at radius 2 is 1.94 bits per heavy atom. The number of nitrogens with one attached hydrogen (secondary N) is 3. The fourth-order valence-electron chi connectivity index (χ4n) is 3.71. The second-order valence-electron chi connectivity index (χ2n) is 7.24. The van der Waals surface area contributed by atoms with Crippen molar-refractivity contribution in [3.05, 3.63) is 29.8 Å². The third kappa shape index (κ3) is 3.00. The lowest BCUT2D eigenvalue weighted by molar-refractivity contribution is 0.494. The van der Waals surface area contributed by atoms with Gasteiger partial charge in [-0.3, -0.25) is 0 Å². The van der Waals surface area contributed by atoms with E-state index >= 15 is 0 Å². The number of aryl methyl sites for hydroxylation is 1. The largest absolute Gasteiger partial charge is 0.507 e. The summed E-state index contributed by atoms with van der Waals surface area (Å²) in [7, 11) is -3.71. The SMILES string of the molecule is Cc1ccc(-c2ccc(S(=O)(=O)C3CNC3)c([S+]=O)c2-c2nn[nH]n2)c2nc(N)[nH]c12. The Morgan fingerprint density at radius 1 is 1.16 bits per heavy atom. The third-order valence-corrected chi connectivity index (χ3v) is 8.31. The Labute approximate surface area is 180 Å². The van der Waals surface area contributed by atoms with Crippen LogP contribution in [0.25, 0.3) is 33.5 Å². The molecule has 0 saturated carbocycles. The number of H-pyrrole nitrogens is 2. The summed E-state index contributed by atoms with van der Waals surface area (Å²) in [6, 6.07) is 6.86. The Morgan fingerprint density at radius 3 is 2.58 bits per heavy atom. The quantitative estimate of drug-likeness (QED) is 0.317. The first-order chi connectivity index (χ1) is 14.9. The van der Waals surface area contributed by atoms with Crippen molar-refractivity contribution in [3.63, 3.8) is 0 Å². The Kier molecular flexibility index (Phi) is 4.53. The predicted molar refractivity (Wildman–Crippen MR) is 114 cm³/mol. The lowest BCUT2D eigenvalue weighted by Gasteiger charge is -2.26. The normalized spacial score (nSPS) is 14.6. The maximum Gasteiger partial charge on any atom is 0.507 e. The van der Waals surface area contributed by atoms with Gasteiger partial charge in [0.1, 0.15) is 10.5 Å². The van der Waals surface area contributed by atoms with Gasteiger partial charge in [-0.2, -0.15) is 5.21 Å². The molecule has 0 spiro atoms.